The van der Waals surface area contributed by atoms with Gasteiger partial charge in [-0.25, -0.2) is 4.79 Å². The summed E-state index contributed by atoms with van der Waals surface area (Å²) in [5.74, 6) is 0. The van der Waals surface area contributed by atoms with Gasteiger partial charge < -0.3 is 15.0 Å². The highest BCUT2D eigenvalue weighted by Crippen LogP contribution is 2.33. The summed E-state index contributed by atoms with van der Waals surface area (Å²) in [4.78, 5) is 15.3. The standard InChI is InChI=1S/C16H19BrN2O2/c1-16(2,3)21-15(20)18-9-7-11-10-5-4-6-12(17)14(10)19-13(11)8-9/h4-6,9,19H,7-8H2,1-3H3,(H,18,20). The van der Waals surface area contributed by atoms with Crippen LogP contribution in [0.5, 0.6) is 0 Å². The molecule has 1 atom stereocenters. The van der Waals surface area contributed by atoms with Crippen molar-refractivity contribution in [3.63, 3.8) is 0 Å². The summed E-state index contributed by atoms with van der Waals surface area (Å²) in [5, 5.41) is 4.18. The first-order valence-corrected chi connectivity index (χ1v) is 7.90. The Kier molecular flexibility index (Phi) is 3.48. The Morgan fingerprint density at radius 3 is 2.86 bits per heavy atom. The smallest absolute Gasteiger partial charge is 0.407 e. The maximum Gasteiger partial charge on any atom is 0.407 e. The van der Waals surface area contributed by atoms with Crippen molar-refractivity contribution in [2.45, 2.75) is 45.3 Å². The van der Waals surface area contributed by atoms with Gasteiger partial charge in [-0.15, -0.1) is 0 Å². The molecule has 0 bridgehead atoms. The molecule has 0 saturated heterocycles. The number of rotatable bonds is 1. The number of fused-ring (bicyclic) bond motifs is 3. The minimum Gasteiger partial charge on any atom is -0.444 e. The van der Waals surface area contributed by atoms with Crippen LogP contribution >= 0.6 is 15.9 Å². The summed E-state index contributed by atoms with van der Waals surface area (Å²) in [5.41, 5.74) is 3.18. The summed E-state index contributed by atoms with van der Waals surface area (Å²) in [7, 11) is 0. The van der Waals surface area contributed by atoms with Crippen LogP contribution in [0, 0.1) is 0 Å². The van der Waals surface area contributed by atoms with E-state index in [2.05, 4.69) is 32.3 Å². The summed E-state index contributed by atoms with van der Waals surface area (Å²) in [6, 6.07) is 6.29. The zero-order chi connectivity index (χ0) is 15.2. The molecule has 3 rings (SSSR count). The molecule has 1 unspecified atom stereocenters. The van der Waals surface area contributed by atoms with E-state index in [1.54, 1.807) is 0 Å². The molecule has 2 aromatic rings. The number of H-pyrrole nitrogens is 1. The molecule has 0 spiro atoms. The Morgan fingerprint density at radius 1 is 1.38 bits per heavy atom. The van der Waals surface area contributed by atoms with Crippen molar-refractivity contribution in [3.05, 3.63) is 33.9 Å². The molecule has 0 aliphatic heterocycles. The largest absolute Gasteiger partial charge is 0.444 e. The molecule has 21 heavy (non-hydrogen) atoms. The predicted octanol–water partition coefficient (Wildman–Crippen LogP) is 3.92. The fourth-order valence-corrected chi connectivity index (χ4v) is 3.31. The van der Waals surface area contributed by atoms with Gasteiger partial charge >= 0.3 is 6.09 Å². The van der Waals surface area contributed by atoms with Crippen LogP contribution in [-0.4, -0.2) is 22.7 Å². The molecule has 4 nitrogen and oxygen atoms in total. The second-order valence-corrected chi connectivity index (χ2v) is 7.35. The minimum absolute atomic E-state index is 0.101. The highest BCUT2D eigenvalue weighted by Gasteiger charge is 2.28. The van der Waals surface area contributed by atoms with Crippen LogP contribution in [-0.2, 0) is 17.6 Å². The van der Waals surface area contributed by atoms with E-state index in [4.69, 9.17) is 4.74 Å². The third-order valence-corrected chi connectivity index (χ3v) is 4.26. The predicted molar refractivity (Wildman–Crippen MR) is 86.6 cm³/mol. The van der Waals surface area contributed by atoms with Gasteiger partial charge in [0.05, 0.1) is 5.52 Å². The van der Waals surface area contributed by atoms with Gasteiger partial charge in [-0.2, -0.15) is 0 Å². The van der Waals surface area contributed by atoms with Gasteiger partial charge in [-0.1, -0.05) is 12.1 Å². The lowest BCUT2D eigenvalue weighted by Crippen LogP contribution is -2.39. The first-order valence-electron chi connectivity index (χ1n) is 7.11. The first-order chi connectivity index (χ1) is 9.83. The number of carbonyl (C=O) groups excluding carboxylic acids is 1. The number of hydrogen-bond acceptors (Lipinski definition) is 2. The van der Waals surface area contributed by atoms with Crippen LogP contribution in [0.1, 0.15) is 32.0 Å². The number of hydrogen-bond donors (Lipinski definition) is 2. The molecule has 112 valence electrons. The number of amides is 1. The van der Waals surface area contributed by atoms with Gasteiger partial charge in [0.25, 0.3) is 0 Å². The van der Waals surface area contributed by atoms with E-state index < -0.39 is 5.60 Å². The van der Waals surface area contributed by atoms with Crippen molar-refractivity contribution < 1.29 is 9.53 Å². The van der Waals surface area contributed by atoms with Crippen LogP contribution in [0.4, 0.5) is 4.79 Å². The van der Waals surface area contributed by atoms with Gasteiger partial charge in [0.1, 0.15) is 5.60 Å². The van der Waals surface area contributed by atoms with Gasteiger partial charge in [-0.05, 0) is 54.8 Å². The lowest BCUT2D eigenvalue weighted by molar-refractivity contribution is 0.0506. The van der Waals surface area contributed by atoms with Crippen LogP contribution < -0.4 is 5.32 Å². The van der Waals surface area contributed by atoms with Crippen molar-refractivity contribution in [2.24, 2.45) is 0 Å². The van der Waals surface area contributed by atoms with E-state index >= 15 is 0 Å². The first kappa shape index (κ1) is 14.4. The quantitative estimate of drug-likeness (QED) is 0.818. The maximum absolute atomic E-state index is 11.9. The van der Waals surface area contributed by atoms with Crippen LogP contribution in [0.15, 0.2) is 22.7 Å². The number of nitrogens with one attached hydrogen (secondary N) is 2. The van der Waals surface area contributed by atoms with Gasteiger partial charge in [-0.3, -0.25) is 0 Å². The molecular formula is C16H19BrN2O2. The van der Waals surface area contributed by atoms with Crippen LogP contribution in [0.2, 0.25) is 0 Å². The number of aromatic nitrogens is 1. The molecule has 1 amide bonds. The molecule has 0 fully saturated rings. The number of benzene rings is 1. The fraction of sp³-hybridized carbons (Fsp3) is 0.438. The number of carbonyl (C=O) groups is 1. The van der Waals surface area contributed by atoms with Gasteiger partial charge in [0, 0.05) is 28.0 Å². The van der Waals surface area contributed by atoms with E-state index in [-0.39, 0.29) is 12.1 Å². The molecule has 2 N–H and O–H groups in total. The van der Waals surface area contributed by atoms with Crippen LogP contribution in [0.3, 0.4) is 0 Å². The van der Waals surface area contributed by atoms with Crippen molar-refractivity contribution in [1.82, 2.24) is 10.3 Å². The summed E-state index contributed by atoms with van der Waals surface area (Å²) < 4.78 is 6.39. The van der Waals surface area contributed by atoms with Crippen molar-refractivity contribution in [3.8, 4) is 0 Å². The molecule has 0 radical (unpaired) electrons. The van der Waals surface area contributed by atoms with E-state index in [1.165, 1.54) is 16.6 Å². The Labute approximate surface area is 132 Å². The third-order valence-electron chi connectivity index (χ3n) is 3.60. The van der Waals surface area contributed by atoms with E-state index in [0.717, 1.165) is 22.8 Å². The number of aromatic amines is 1. The maximum atomic E-state index is 11.9. The van der Waals surface area contributed by atoms with E-state index in [1.807, 2.05) is 32.9 Å². The van der Waals surface area contributed by atoms with Gasteiger partial charge in [0.15, 0.2) is 0 Å². The number of halogens is 1. The number of ether oxygens (including phenoxy) is 1. The van der Waals surface area contributed by atoms with Crippen molar-refractivity contribution >= 4 is 32.9 Å². The monoisotopic (exact) mass is 350 g/mol. The minimum atomic E-state index is -0.464. The Balaban J connectivity index is 1.74. The lowest BCUT2D eigenvalue weighted by Gasteiger charge is -2.21. The lowest BCUT2D eigenvalue weighted by atomic mass is 10.1. The molecular weight excluding hydrogens is 332 g/mol. The summed E-state index contributed by atoms with van der Waals surface area (Å²) in [6.07, 6.45) is 1.31. The molecule has 5 heteroatoms. The topological polar surface area (TPSA) is 54.1 Å². The second kappa shape index (κ2) is 5.05. The Morgan fingerprint density at radius 2 is 2.14 bits per heavy atom. The van der Waals surface area contributed by atoms with E-state index in [0.29, 0.717) is 0 Å². The highest BCUT2D eigenvalue weighted by molar-refractivity contribution is 9.10. The fourth-order valence-electron chi connectivity index (χ4n) is 2.84. The number of alkyl carbamates (subject to hydrolysis) is 1. The SMILES string of the molecule is CC(C)(C)OC(=O)NC1Cc2[nH]c3c(Br)cccc3c2C1. The summed E-state index contributed by atoms with van der Waals surface area (Å²) >= 11 is 3.57. The molecule has 1 heterocycles. The average Bonchev–Trinajstić information content (AvgIpc) is 2.85. The zero-order valence-corrected chi connectivity index (χ0v) is 14.0. The Hall–Kier alpha value is -1.49. The summed E-state index contributed by atoms with van der Waals surface area (Å²) in [6.45, 7) is 5.61. The van der Waals surface area contributed by atoms with E-state index in [9.17, 15) is 4.79 Å². The average molecular weight is 351 g/mol. The van der Waals surface area contributed by atoms with Crippen LogP contribution in [0.25, 0.3) is 10.9 Å². The molecule has 1 aliphatic carbocycles. The second-order valence-electron chi connectivity index (χ2n) is 6.50. The normalized spacial score (nSPS) is 17.8. The number of para-hydroxylation sites is 1. The van der Waals surface area contributed by atoms with Crippen molar-refractivity contribution in [1.29, 1.82) is 0 Å². The highest BCUT2D eigenvalue weighted by atomic mass is 79.9. The van der Waals surface area contributed by atoms with Crippen molar-refractivity contribution in [2.75, 3.05) is 0 Å². The zero-order valence-electron chi connectivity index (χ0n) is 12.4. The van der Waals surface area contributed by atoms with Gasteiger partial charge in [0.2, 0.25) is 0 Å². The third kappa shape index (κ3) is 2.93. The molecule has 1 aromatic carbocycles. The Bertz CT molecular complexity index is 700. The molecule has 1 aliphatic rings. The molecule has 0 saturated carbocycles. The molecule has 1 aromatic heterocycles.